The van der Waals surface area contributed by atoms with Crippen molar-refractivity contribution in [1.82, 2.24) is 10.2 Å². The maximum Gasteiger partial charge on any atom is 0.237 e. The Hall–Kier alpha value is -0.610. The molecule has 0 aromatic carbocycles. The lowest BCUT2D eigenvalue weighted by molar-refractivity contribution is -0.126. The van der Waals surface area contributed by atoms with Crippen LogP contribution < -0.4 is 5.32 Å². The summed E-state index contributed by atoms with van der Waals surface area (Å²) in [5, 5.41) is 3.17. The van der Waals surface area contributed by atoms with Crippen molar-refractivity contribution >= 4 is 5.91 Å². The number of nitrogens with one attached hydrogen (secondary N) is 1. The standard InChI is InChI=1S/C13H24N2O2/c1-11(15-7-4-9-17-10-8-15)13(16)14-12-5-2-3-6-12/h11-12H,2-10H2,1H3,(H,14,16)/t11-/m0/s1. The fourth-order valence-electron chi connectivity index (χ4n) is 2.71. The second kappa shape index (κ2) is 6.36. The molecule has 1 aliphatic heterocycles. The lowest BCUT2D eigenvalue weighted by Gasteiger charge is -2.27. The van der Waals surface area contributed by atoms with Crippen molar-refractivity contribution in [2.75, 3.05) is 26.3 Å². The van der Waals surface area contributed by atoms with Gasteiger partial charge in [0.05, 0.1) is 12.6 Å². The van der Waals surface area contributed by atoms with E-state index in [-0.39, 0.29) is 11.9 Å². The Labute approximate surface area is 104 Å². The van der Waals surface area contributed by atoms with Gasteiger partial charge < -0.3 is 10.1 Å². The summed E-state index contributed by atoms with van der Waals surface area (Å²) in [6.07, 6.45) is 5.86. The molecule has 1 saturated heterocycles. The number of ether oxygens (including phenoxy) is 1. The van der Waals surface area contributed by atoms with Crippen molar-refractivity contribution in [2.24, 2.45) is 0 Å². The van der Waals surface area contributed by atoms with Crippen LogP contribution in [0, 0.1) is 0 Å². The Morgan fingerprint density at radius 2 is 2.00 bits per heavy atom. The zero-order chi connectivity index (χ0) is 12.1. The molecule has 1 amide bonds. The van der Waals surface area contributed by atoms with E-state index in [0.717, 1.165) is 45.6 Å². The van der Waals surface area contributed by atoms with E-state index >= 15 is 0 Å². The van der Waals surface area contributed by atoms with Gasteiger partial charge >= 0.3 is 0 Å². The first-order valence-corrected chi connectivity index (χ1v) is 6.89. The van der Waals surface area contributed by atoms with Gasteiger partial charge in [-0.15, -0.1) is 0 Å². The molecule has 0 spiro atoms. The van der Waals surface area contributed by atoms with Crippen LogP contribution in [0.25, 0.3) is 0 Å². The van der Waals surface area contributed by atoms with Gasteiger partial charge in [0.2, 0.25) is 5.91 Å². The number of hydrogen-bond acceptors (Lipinski definition) is 3. The normalized spacial score (nSPS) is 25.5. The second-order valence-electron chi connectivity index (χ2n) is 5.17. The zero-order valence-electron chi connectivity index (χ0n) is 10.8. The minimum Gasteiger partial charge on any atom is -0.380 e. The van der Waals surface area contributed by atoms with E-state index in [1.807, 2.05) is 6.92 Å². The molecule has 2 fully saturated rings. The number of nitrogens with zero attached hydrogens (tertiary/aromatic N) is 1. The zero-order valence-corrected chi connectivity index (χ0v) is 10.8. The molecule has 0 aromatic rings. The topological polar surface area (TPSA) is 41.6 Å². The molecular formula is C13H24N2O2. The Morgan fingerprint density at radius 1 is 1.24 bits per heavy atom. The van der Waals surface area contributed by atoms with Crippen molar-refractivity contribution in [1.29, 1.82) is 0 Å². The number of rotatable bonds is 3. The fraction of sp³-hybridized carbons (Fsp3) is 0.923. The van der Waals surface area contributed by atoms with Crippen LogP contribution in [0.3, 0.4) is 0 Å². The van der Waals surface area contributed by atoms with Gasteiger partial charge in [0.1, 0.15) is 0 Å². The van der Waals surface area contributed by atoms with E-state index in [9.17, 15) is 4.79 Å². The van der Waals surface area contributed by atoms with E-state index < -0.39 is 0 Å². The van der Waals surface area contributed by atoms with Gasteiger partial charge in [0.15, 0.2) is 0 Å². The first kappa shape index (κ1) is 12.8. The summed E-state index contributed by atoms with van der Waals surface area (Å²) in [4.78, 5) is 14.4. The lowest BCUT2D eigenvalue weighted by Crippen LogP contribution is -2.48. The summed E-state index contributed by atoms with van der Waals surface area (Å²) in [5.74, 6) is 0.193. The first-order chi connectivity index (χ1) is 8.27. The van der Waals surface area contributed by atoms with Crippen LogP contribution >= 0.6 is 0 Å². The third kappa shape index (κ3) is 3.68. The summed E-state index contributed by atoms with van der Waals surface area (Å²) in [6.45, 7) is 5.43. The highest BCUT2D eigenvalue weighted by Gasteiger charge is 2.25. The molecule has 2 rings (SSSR count). The fourth-order valence-corrected chi connectivity index (χ4v) is 2.71. The largest absolute Gasteiger partial charge is 0.380 e. The molecule has 17 heavy (non-hydrogen) atoms. The van der Waals surface area contributed by atoms with E-state index in [1.54, 1.807) is 0 Å². The molecular weight excluding hydrogens is 216 g/mol. The number of carbonyl (C=O) groups is 1. The van der Waals surface area contributed by atoms with Gasteiger partial charge in [-0.05, 0) is 26.2 Å². The number of carbonyl (C=O) groups excluding carboxylic acids is 1. The maximum atomic E-state index is 12.1. The molecule has 4 nitrogen and oxygen atoms in total. The van der Waals surface area contributed by atoms with E-state index in [2.05, 4.69) is 10.2 Å². The third-order valence-electron chi connectivity index (χ3n) is 3.89. The summed E-state index contributed by atoms with van der Waals surface area (Å²) in [6, 6.07) is 0.408. The molecule has 0 radical (unpaired) electrons. The molecule has 0 aromatic heterocycles. The van der Waals surface area contributed by atoms with Gasteiger partial charge in [-0.2, -0.15) is 0 Å². The monoisotopic (exact) mass is 240 g/mol. The highest BCUT2D eigenvalue weighted by Crippen LogP contribution is 2.18. The average Bonchev–Trinajstić information content (AvgIpc) is 2.68. The summed E-state index contributed by atoms with van der Waals surface area (Å²) in [7, 11) is 0. The molecule has 4 heteroatoms. The van der Waals surface area contributed by atoms with Gasteiger partial charge in [-0.25, -0.2) is 0 Å². The van der Waals surface area contributed by atoms with Crippen LogP contribution in [0.4, 0.5) is 0 Å². The van der Waals surface area contributed by atoms with Crippen LogP contribution in [0.2, 0.25) is 0 Å². The van der Waals surface area contributed by atoms with Crippen LogP contribution in [-0.2, 0) is 9.53 Å². The van der Waals surface area contributed by atoms with Crippen molar-refractivity contribution in [2.45, 2.75) is 51.1 Å². The highest BCUT2D eigenvalue weighted by molar-refractivity contribution is 5.81. The highest BCUT2D eigenvalue weighted by atomic mass is 16.5. The Balaban J connectivity index is 1.80. The lowest BCUT2D eigenvalue weighted by atomic mass is 10.2. The smallest absolute Gasteiger partial charge is 0.237 e. The maximum absolute atomic E-state index is 12.1. The Morgan fingerprint density at radius 3 is 2.76 bits per heavy atom. The quantitative estimate of drug-likeness (QED) is 0.805. The van der Waals surface area contributed by atoms with Gasteiger partial charge in [0.25, 0.3) is 0 Å². The van der Waals surface area contributed by atoms with Gasteiger partial charge in [-0.1, -0.05) is 12.8 Å². The molecule has 1 N–H and O–H groups in total. The van der Waals surface area contributed by atoms with Crippen molar-refractivity contribution in [3.63, 3.8) is 0 Å². The minimum absolute atomic E-state index is 0.0164. The van der Waals surface area contributed by atoms with Gasteiger partial charge in [0, 0.05) is 25.7 Å². The van der Waals surface area contributed by atoms with Crippen molar-refractivity contribution in [3.8, 4) is 0 Å². The van der Waals surface area contributed by atoms with E-state index in [4.69, 9.17) is 4.74 Å². The van der Waals surface area contributed by atoms with Gasteiger partial charge in [-0.3, -0.25) is 9.69 Å². The van der Waals surface area contributed by atoms with Crippen LogP contribution in [0.5, 0.6) is 0 Å². The van der Waals surface area contributed by atoms with Crippen LogP contribution in [0.1, 0.15) is 39.0 Å². The minimum atomic E-state index is -0.0164. The number of amides is 1. The van der Waals surface area contributed by atoms with Crippen molar-refractivity contribution in [3.05, 3.63) is 0 Å². The third-order valence-corrected chi connectivity index (χ3v) is 3.89. The molecule has 1 saturated carbocycles. The van der Waals surface area contributed by atoms with E-state index in [1.165, 1.54) is 12.8 Å². The molecule has 1 aliphatic carbocycles. The van der Waals surface area contributed by atoms with Crippen molar-refractivity contribution < 1.29 is 9.53 Å². The van der Waals surface area contributed by atoms with E-state index in [0.29, 0.717) is 6.04 Å². The molecule has 0 unspecified atom stereocenters. The van der Waals surface area contributed by atoms with Crippen LogP contribution in [0.15, 0.2) is 0 Å². The Kier molecular flexibility index (Phi) is 4.80. The average molecular weight is 240 g/mol. The summed E-state index contributed by atoms with van der Waals surface area (Å²) < 4.78 is 5.41. The summed E-state index contributed by atoms with van der Waals surface area (Å²) >= 11 is 0. The predicted molar refractivity (Wildman–Crippen MR) is 66.9 cm³/mol. The molecule has 2 aliphatic rings. The molecule has 1 atom stereocenters. The SMILES string of the molecule is C[C@@H](C(=O)NC1CCCC1)N1CCCOCC1. The predicted octanol–water partition coefficient (Wildman–Crippen LogP) is 1.16. The van der Waals surface area contributed by atoms with Crippen LogP contribution in [-0.4, -0.2) is 49.2 Å². The first-order valence-electron chi connectivity index (χ1n) is 6.89. The second-order valence-corrected chi connectivity index (χ2v) is 5.17. The molecule has 0 bridgehead atoms. The molecule has 98 valence electrons. The summed E-state index contributed by atoms with van der Waals surface area (Å²) in [5.41, 5.74) is 0. The molecule has 1 heterocycles. The number of hydrogen-bond donors (Lipinski definition) is 1. The Bertz CT molecular complexity index is 244.